The van der Waals surface area contributed by atoms with Crippen LogP contribution in [-0.4, -0.2) is 18.0 Å². The summed E-state index contributed by atoms with van der Waals surface area (Å²) in [7, 11) is -1.81. The Morgan fingerprint density at radius 1 is 0.970 bits per heavy atom. The molecule has 0 spiro atoms. The molecule has 4 rings (SSSR count). The van der Waals surface area contributed by atoms with Gasteiger partial charge < -0.3 is 4.57 Å². The van der Waals surface area contributed by atoms with Crippen LogP contribution in [0, 0.1) is 39.0 Å². The standard InChI is InChI=1S/C26H26N4O2S/c1-16-12-17(2)19(4)26(18(16)3)33(31,32)29-22-10-11-24-23(14-22)28-25(30(24)5)13-20-6-8-21(15-27)9-7-20/h6-12,14,29H,13H2,1-5H3. The van der Waals surface area contributed by atoms with Crippen molar-refractivity contribution in [2.24, 2.45) is 7.05 Å². The van der Waals surface area contributed by atoms with Crippen LogP contribution in [0.15, 0.2) is 53.4 Å². The van der Waals surface area contributed by atoms with Crippen LogP contribution in [0.25, 0.3) is 11.0 Å². The Hall–Kier alpha value is -3.63. The number of nitrogens with zero attached hydrogens (tertiary/aromatic N) is 3. The van der Waals surface area contributed by atoms with Crippen molar-refractivity contribution in [3.63, 3.8) is 0 Å². The van der Waals surface area contributed by atoms with Gasteiger partial charge in [0.15, 0.2) is 0 Å². The molecule has 0 bridgehead atoms. The lowest BCUT2D eigenvalue weighted by Gasteiger charge is -2.16. The molecule has 0 atom stereocenters. The van der Waals surface area contributed by atoms with Crippen LogP contribution in [0.2, 0.25) is 0 Å². The van der Waals surface area contributed by atoms with E-state index < -0.39 is 10.0 Å². The topological polar surface area (TPSA) is 87.8 Å². The first-order valence-corrected chi connectivity index (χ1v) is 12.1. The molecule has 1 N–H and O–H groups in total. The highest BCUT2D eigenvalue weighted by Crippen LogP contribution is 2.29. The summed E-state index contributed by atoms with van der Waals surface area (Å²) < 4.78 is 31.3. The van der Waals surface area contributed by atoms with Crippen molar-refractivity contribution in [2.45, 2.75) is 39.0 Å². The molecule has 33 heavy (non-hydrogen) atoms. The van der Waals surface area contributed by atoms with Gasteiger partial charge in [0.05, 0.1) is 33.2 Å². The third-order valence-corrected chi connectivity index (χ3v) is 7.89. The normalized spacial score (nSPS) is 11.5. The van der Waals surface area contributed by atoms with Gasteiger partial charge in [-0.15, -0.1) is 0 Å². The van der Waals surface area contributed by atoms with Crippen LogP contribution < -0.4 is 4.72 Å². The van der Waals surface area contributed by atoms with Crippen molar-refractivity contribution in [3.8, 4) is 6.07 Å². The van der Waals surface area contributed by atoms with E-state index in [2.05, 4.69) is 10.8 Å². The van der Waals surface area contributed by atoms with Crippen molar-refractivity contribution in [3.05, 3.63) is 87.7 Å². The molecule has 0 aliphatic rings. The smallest absolute Gasteiger partial charge is 0.262 e. The summed E-state index contributed by atoms with van der Waals surface area (Å²) in [4.78, 5) is 5.08. The molecule has 4 aromatic rings. The quantitative estimate of drug-likeness (QED) is 0.452. The Balaban J connectivity index is 1.67. The van der Waals surface area contributed by atoms with E-state index in [1.165, 1.54) is 0 Å². The zero-order valence-corrected chi connectivity index (χ0v) is 20.2. The van der Waals surface area contributed by atoms with Crippen LogP contribution in [-0.2, 0) is 23.5 Å². The lowest BCUT2D eigenvalue weighted by atomic mass is 10.0. The number of fused-ring (bicyclic) bond motifs is 1. The molecule has 0 aliphatic heterocycles. The third kappa shape index (κ3) is 4.22. The minimum atomic E-state index is -3.76. The van der Waals surface area contributed by atoms with E-state index in [9.17, 15) is 8.42 Å². The Morgan fingerprint density at radius 2 is 1.61 bits per heavy atom. The van der Waals surface area contributed by atoms with E-state index in [1.54, 1.807) is 24.3 Å². The highest BCUT2D eigenvalue weighted by atomic mass is 32.2. The average Bonchev–Trinajstić information content (AvgIpc) is 3.07. The molecular weight excluding hydrogens is 432 g/mol. The summed E-state index contributed by atoms with van der Waals surface area (Å²) in [6.07, 6.45) is 0.610. The second-order valence-corrected chi connectivity index (χ2v) is 10.1. The summed E-state index contributed by atoms with van der Waals surface area (Å²) in [5.41, 5.74) is 7.20. The number of anilines is 1. The number of sulfonamides is 1. The van der Waals surface area contributed by atoms with Gasteiger partial charge in [-0.25, -0.2) is 13.4 Å². The molecule has 0 aliphatic carbocycles. The maximum atomic E-state index is 13.3. The fourth-order valence-electron chi connectivity index (χ4n) is 4.14. The number of benzene rings is 3. The molecule has 168 valence electrons. The number of nitriles is 1. The molecule has 1 heterocycles. The summed E-state index contributed by atoms with van der Waals surface area (Å²) >= 11 is 0. The van der Waals surface area contributed by atoms with Crippen molar-refractivity contribution >= 4 is 26.7 Å². The van der Waals surface area contributed by atoms with Gasteiger partial charge in [0.25, 0.3) is 10.0 Å². The number of rotatable bonds is 5. The van der Waals surface area contributed by atoms with Gasteiger partial charge in [0, 0.05) is 13.5 Å². The summed E-state index contributed by atoms with van der Waals surface area (Å²) in [5.74, 6) is 0.857. The van der Waals surface area contributed by atoms with Gasteiger partial charge in [-0.05, 0) is 85.8 Å². The van der Waals surface area contributed by atoms with E-state index in [4.69, 9.17) is 10.2 Å². The molecule has 0 unspecified atom stereocenters. The third-order valence-electron chi connectivity index (χ3n) is 6.24. The Bertz CT molecular complexity index is 1500. The van der Waals surface area contributed by atoms with E-state index in [-0.39, 0.29) is 0 Å². The molecule has 3 aromatic carbocycles. The predicted molar refractivity (Wildman–Crippen MR) is 131 cm³/mol. The van der Waals surface area contributed by atoms with E-state index in [0.29, 0.717) is 22.6 Å². The number of imidazole rings is 1. The minimum Gasteiger partial charge on any atom is -0.331 e. The number of aromatic nitrogens is 2. The van der Waals surface area contributed by atoms with Crippen molar-refractivity contribution in [2.75, 3.05) is 4.72 Å². The van der Waals surface area contributed by atoms with E-state index >= 15 is 0 Å². The van der Waals surface area contributed by atoms with Crippen LogP contribution in [0.3, 0.4) is 0 Å². The average molecular weight is 459 g/mol. The van der Waals surface area contributed by atoms with Gasteiger partial charge in [-0.2, -0.15) is 5.26 Å². The molecule has 0 fully saturated rings. The van der Waals surface area contributed by atoms with E-state index in [1.807, 2.05) is 63.6 Å². The first-order valence-electron chi connectivity index (χ1n) is 10.7. The summed E-state index contributed by atoms with van der Waals surface area (Å²) in [5, 5.41) is 8.98. The largest absolute Gasteiger partial charge is 0.331 e. The first-order chi connectivity index (χ1) is 15.6. The number of hydrogen-bond acceptors (Lipinski definition) is 4. The molecule has 6 nitrogen and oxygen atoms in total. The number of hydrogen-bond donors (Lipinski definition) is 1. The number of nitrogens with one attached hydrogen (secondary N) is 1. The van der Waals surface area contributed by atoms with Gasteiger partial charge in [-0.1, -0.05) is 18.2 Å². The molecular formula is C26H26N4O2S. The van der Waals surface area contributed by atoms with Crippen LogP contribution >= 0.6 is 0 Å². The highest BCUT2D eigenvalue weighted by Gasteiger charge is 2.22. The Labute approximate surface area is 194 Å². The van der Waals surface area contributed by atoms with Crippen LogP contribution in [0.4, 0.5) is 5.69 Å². The monoisotopic (exact) mass is 458 g/mol. The summed E-state index contributed by atoms with van der Waals surface area (Å²) in [6.45, 7) is 7.54. The minimum absolute atomic E-state index is 0.336. The Kier molecular flexibility index (Phi) is 5.73. The van der Waals surface area contributed by atoms with E-state index in [0.717, 1.165) is 44.7 Å². The highest BCUT2D eigenvalue weighted by molar-refractivity contribution is 7.92. The van der Waals surface area contributed by atoms with Crippen molar-refractivity contribution in [1.29, 1.82) is 5.26 Å². The molecule has 0 saturated carbocycles. The second kappa shape index (κ2) is 8.38. The number of aryl methyl sites for hydroxylation is 3. The Morgan fingerprint density at radius 3 is 2.21 bits per heavy atom. The molecule has 0 amide bonds. The lowest BCUT2D eigenvalue weighted by molar-refractivity contribution is 0.599. The fourth-order valence-corrected chi connectivity index (χ4v) is 5.81. The predicted octanol–water partition coefficient (Wildman–Crippen LogP) is 5.07. The van der Waals surface area contributed by atoms with Gasteiger partial charge in [0.2, 0.25) is 0 Å². The molecule has 0 radical (unpaired) electrons. The second-order valence-electron chi connectivity index (χ2n) is 8.47. The van der Waals surface area contributed by atoms with Crippen molar-refractivity contribution in [1.82, 2.24) is 9.55 Å². The maximum Gasteiger partial charge on any atom is 0.262 e. The van der Waals surface area contributed by atoms with Crippen LogP contribution in [0.5, 0.6) is 0 Å². The first kappa shape index (κ1) is 22.6. The maximum absolute atomic E-state index is 13.3. The summed E-state index contributed by atoms with van der Waals surface area (Å²) in [6, 6.07) is 17.0. The molecule has 1 aromatic heterocycles. The van der Waals surface area contributed by atoms with Gasteiger partial charge in [0.1, 0.15) is 5.82 Å². The SMILES string of the molecule is Cc1cc(C)c(C)c(S(=O)(=O)Nc2ccc3c(c2)nc(Cc2ccc(C#N)cc2)n3C)c1C. The van der Waals surface area contributed by atoms with Crippen molar-refractivity contribution < 1.29 is 8.42 Å². The lowest BCUT2D eigenvalue weighted by Crippen LogP contribution is -2.17. The molecule has 0 saturated heterocycles. The molecule has 7 heteroatoms. The van der Waals surface area contributed by atoms with Crippen LogP contribution in [0.1, 0.15) is 39.2 Å². The fraction of sp³-hybridized carbons (Fsp3) is 0.231. The zero-order valence-electron chi connectivity index (χ0n) is 19.4. The van der Waals surface area contributed by atoms with Gasteiger partial charge in [-0.3, -0.25) is 4.72 Å². The zero-order chi connectivity index (χ0) is 23.9. The van der Waals surface area contributed by atoms with Gasteiger partial charge >= 0.3 is 0 Å².